The molecule has 0 aliphatic carbocycles. The van der Waals surface area contributed by atoms with E-state index in [0.717, 1.165) is 27.5 Å². The topological polar surface area (TPSA) is 59.8 Å². The minimum absolute atomic E-state index is 0.0837. The van der Waals surface area contributed by atoms with Crippen molar-refractivity contribution in [3.63, 3.8) is 0 Å². The van der Waals surface area contributed by atoms with Gasteiger partial charge in [-0.2, -0.15) is 5.10 Å². The SMILES string of the molecule is Cc1cc(C)n(CCC(=O)Nc2nc(C)c(Cc3ccc(F)cc3)s2)n1. The highest BCUT2D eigenvalue weighted by atomic mass is 32.1. The number of hydrogen-bond donors (Lipinski definition) is 1. The fourth-order valence-corrected chi connectivity index (χ4v) is 3.74. The Morgan fingerprint density at radius 2 is 1.96 bits per heavy atom. The zero-order valence-electron chi connectivity index (χ0n) is 15.0. The molecule has 0 bridgehead atoms. The summed E-state index contributed by atoms with van der Waals surface area (Å²) in [5, 5.41) is 7.81. The van der Waals surface area contributed by atoms with Crippen molar-refractivity contribution in [3.05, 3.63) is 63.7 Å². The summed E-state index contributed by atoms with van der Waals surface area (Å²) in [6.45, 7) is 6.37. The molecule has 0 radical (unpaired) electrons. The van der Waals surface area contributed by atoms with Gasteiger partial charge in [-0.25, -0.2) is 9.37 Å². The Bertz CT molecular complexity index is 914. The molecule has 5 nitrogen and oxygen atoms in total. The normalized spacial score (nSPS) is 10.9. The number of carbonyl (C=O) groups excluding carboxylic acids is 1. The molecule has 136 valence electrons. The number of nitrogens with zero attached hydrogens (tertiary/aromatic N) is 3. The fourth-order valence-electron chi connectivity index (χ4n) is 2.72. The summed E-state index contributed by atoms with van der Waals surface area (Å²) in [6.07, 6.45) is 1.01. The molecule has 2 aromatic heterocycles. The lowest BCUT2D eigenvalue weighted by Gasteiger charge is -2.04. The fraction of sp³-hybridized carbons (Fsp3) is 0.316. The highest BCUT2D eigenvalue weighted by Gasteiger charge is 2.12. The van der Waals surface area contributed by atoms with Crippen molar-refractivity contribution in [2.45, 2.75) is 40.2 Å². The average Bonchev–Trinajstić information content (AvgIpc) is 3.09. The maximum atomic E-state index is 13.0. The number of aromatic nitrogens is 3. The summed E-state index contributed by atoms with van der Waals surface area (Å²) in [5.41, 5.74) is 3.89. The molecule has 0 saturated carbocycles. The molecule has 0 fully saturated rings. The van der Waals surface area contributed by atoms with Crippen LogP contribution in [0.25, 0.3) is 0 Å². The smallest absolute Gasteiger partial charge is 0.228 e. The standard InChI is InChI=1S/C19H21FN4OS/c1-12-10-13(2)24(23-12)9-8-18(25)22-19-21-14(3)17(26-19)11-15-4-6-16(20)7-5-15/h4-7,10H,8-9,11H2,1-3H3,(H,21,22,25). The van der Waals surface area contributed by atoms with E-state index in [1.165, 1.54) is 23.5 Å². The van der Waals surface area contributed by atoms with E-state index in [9.17, 15) is 9.18 Å². The van der Waals surface area contributed by atoms with Gasteiger partial charge in [0.1, 0.15) is 5.82 Å². The number of aryl methyl sites for hydroxylation is 4. The quantitative estimate of drug-likeness (QED) is 0.711. The monoisotopic (exact) mass is 372 g/mol. The predicted molar refractivity (Wildman–Crippen MR) is 101 cm³/mol. The van der Waals surface area contributed by atoms with E-state index in [-0.39, 0.29) is 11.7 Å². The largest absolute Gasteiger partial charge is 0.302 e. The van der Waals surface area contributed by atoms with Crippen LogP contribution in [0.1, 0.15) is 33.9 Å². The zero-order valence-corrected chi connectivity index (χ0v) is 15.9. The Morgan fingerprint density at radius 1 is 1.23 bits per heavy atom. The maximum absolute atomic E-state index is 13.0. The maximum Gasteiger partial charge on any atom is 0.228 e. The predicted octanol–water partition coefficient (Wildman–Crippen LogP) is 4.02. The third-order valence-corrected chi connectivity index (χ3v) is 5.14. The van der Waals surface area contributed by atoms with Crippen LogP contribution < -0.4 is 5.32 Å². The lowest BCUT2D eigenvalue weighted by Crippen LogP contribution is -2.15. The van der Waals surface area contributed by atoms with E-state index in [1.54, 1.807) is 12.1 Å². The summed E-state index contributed by atoms with van der Waals surface area (Å²) in [7, 11) is 0. The van der Waals surface area contributed by atoms with Crippen LogP contribution in [0.4, 0.5) is 9.52 Å². The number of nitrogens with one attached hydrogen (secondary N) is 1. The van der Waals surface area contributed by atoms with E-state index < -0.39 is 0 Å². The van der Waals surface area contributed by atoms with Crippen molar-refractivity contribution in [1.29, 1.82) is 0 Å². The van der Waals surface area contributed by atoms with Gasteiger partial charge in [0.05, 0.1) is 11.4 Å². The van der Waals surface area contributed by atoms with Gasteiger partial charge in [-0.1, -0.05) is 12.1 Å². The second kappa shape index (κ2) is 7.78. The Morgan fingerprint density at radius 3 is 2.62 bits per heavy atom. The van der Waals surface area contributed by atoms with Crippen LogP contribution >= 0.6 is 11.3 Å². The van der Waals surface area contributed by atoms with Crippen LogP contribution in [0.3, 0.4) is 0 Å². The summed E-state index contributed by atoms with van der Waals surface area (Å²) in [4.78, 5) is 17.7. The Balaban J connectivity index is 1.58. The Labute approximate surface area is 155 Å². The second-order valence-electron chi connectivity index (χ2n) is 6.28. The van der Waals surface area contributed by atoms with E-state index in [2.05, 4.69) is 15.4 Å². The molecule has 3 aromatic rings. The highest BCUT2D eigenvalue weighted by molar-refractivity contribution is 7.15. The van der Waals surface area contributed by atoms with Gasteiger partial charge in [0, 0.05) is 30.0 Å². The van der Waals surface area contributed by atoms with Crippen LogP contribution in [-0.4, -0.2) is 20.7 Å². The van der Waals surface area contributed by atoms with Crippen molar-refractivity contribution < 1.29 is 9.18 Å². The summed E-state index contributed by atoms with van der Waals surface area (Å²) in [5.74, 6) is -0.329. The number of amides is 1. The van der Waals surface area contributed by atoms with Gasteiger partial charge in [0.25, 0.3) is 0 Å². The molecule has 7 heteroatoms. The molecular formula is C19H21FN4OS. The molecule has 2 heterocycles. The molecular weight excluding hydrogens is 351 g/mol. The van der Waals surface area contributed by atoms with E-state index in [0.29, 0.717) is 24.5 Å². The number of carbonyl (C=O) groups is 1. The van der Waals surface area contributed by atoms with Crippen molar-refractivity contribution >= 4 is 22.4 Å². The number of benzene rings is 1. The second-order valence-corrected chi connectivity index (χ2v) is 7.36. The van der Waals surface area contributed by atoms with Gasteiger partial charge in [0.2, 0.25) is 5.91 Å². The molecule has 0 aliphatic heterocycles. The van der Waals surface area contributed by atoms with Gasteiger partial charge in [-0.15, -0.1) is 11.3 Å². The number of hydrogen-bond acceptors (Lipinski definition) is 4. The minimum Gasteiger partial charge on any atom is -0.302 e. The molecule has 26 heavy (non-hydrogen) atoms. The van der Waals surface area contributed by atoms with Crippen LogP contribution in [-0.2, 0) is 17.8 Å². The lowest BCUT2D eigenvalue weighted by molar-refractivity contribution is -0.116. The van der Waals surface area contributed by atoms with Crippen LogP contribution in [0.2, 0.25) is 0 Å². The molecule has 0 saturated heterocycles. The molecule has 3 rings (SSSR count). The Kier molecular flexibility index (Phi) is 5.46. The number of anilines is 1. The molecule has 0 unspecified atom stereocenters. The average molecular weight is 372 g/mol. The molecule has 0 spiro atoms. The number of rotatable bonds is 6. The first kappa shape index (κ1) is 18.3. The van der Waals surface area contributed by atoms with E-state index >= 15 is 0 Å². The zero-order chi connectivity index (χ0) is 18.7. The lowest BCUT2D eigenvalue weighted by atomic mass is 10.1. The van der Waals surface area contributed by atoms with Gasteiger partial charge >= 0.3 is 0 Å². The van der Waals surface area contributed by atoms with E-state index in [4.69, 9.17) is 0 Å². The van der Waals surface area contributed by atoms with Gasteiger partial charge < -0.3 is 5.32 Å². The van der Waals surface area contributed by atoms with Crippen molar-refractivity contribution in [2.75, 3.05) is 5.32 Å². The first-order chi connectivity index (χ1) is 12.4. The molecule has 0 atom stereocenters. The first-order valence-electron chi connectivity index (χ1n) is 8.42. The highest BCUT2D eigenvalue weighted by Crippen LogP contribution is 2.25. The van der Waals surface area contributed by atoms with Gasteiger partial charge in [-0.05, 0) is 44.5 Å². The van der Waals surface area contributed by atoms with Crippen molar-refractivity contribution in [2.24, 2.45) is 0 Å². The van der Waals surface area contributed by atoms with Gasteiger partial charge in [-0.3, -0.25) is 9.48 Å². The summed E-state index contributed by atoms with van der Waals surface area (Å²) < 4.78 is 14.8. The van der Waals surface area contributed by atoms with Crippen molar-refractivity contribution in [3.8, 4) is 0 Å². The van der Waals surface area contributed by atoms with Gasteiger partial charge in [0.15, 0.2) is 5.13 Å². The minimum atomic E-state index is -0.245. The van der Waals surface area contributed by atoms with Crippen LogP contribution in [0.15, 0.2) is 30.3 Å². The molecule has 1 amide bonds. The van der Waals surface area contributed by atoms with Crippen LogP contribution in [0, 0.1) is 26.6 Å². The third kappa shape index (κ3) is 4.54. The molecule has 1 N–H and O–H groups in total. The number of thiazole rings is 1. The third-order valence-electron chi connectivity index (χ3n) is 4.07. The number of halogens is 1. The molecule has 0 aliphatic rings. The summed E-state index contributed by atoms with van der Waals surface area (Å²) >= 11 is 1.46. The first-order valence-corrected chi connectivity index (χ1v) is 9.24. The molecule has 1 aromatic carbocycles. The van der Waals surface area contributed by atoms with Crippen molar-refractivity contribution in [1.82, 2.24) is 14.8 Å². The van der Waals surface area contributed by atoms with E-state index in [1.807, 2.05) is 31.5 Å². The Hall–Kier alpha value is -2.54. The van der Waals surface area contributed by atoms with Crippen LogP contribution in [0.5, 0.6) is 0 Å². The summed E-state index contributed by atoms with van der Waals surface area (Å²) in [6, 6.07) is 8.42.